The Labute approximate surface area is 171 Å². The maximum Gasteiger partial charge on any atom is 0.247 e. The van der Waals surface area contributed by atoms with Gasteiger partial charge in [-0.3, -0.25) is 20.0 Å². The van der Waals surface area contributed by atoms with Crippen molar-refractivity contribution >= 4 is 11.8 Å². The zero-order chi connectivity index (χ0) is 21.8. The predicted molar refractivity (Wildman–Crippen MR) is 100 cm³/mol. The van der Waals surface area contributed by atoms with Crippen LogP contribution >= 0.6 is 0 Å². The first kappa shape index (κ1) is 21.3. The van der Waals surface area contributed by atoms with Crippen LogP contribution in [-0.4, -0.2) is 47.1 Å². The van der Waals surface area contributed by atoms with Gasteiger partial charge < -0.3 is 15.7 Å². The molecule has 4 atom stereocenters. The largest absolute Gasteiger partial charge is 0.394 e. The van der Waals surface area contributed by atoms with E-state index in [2.05, 4.69) is 32.5 Å². The molecule has 1 fully saturated rings. The minimum Gasteiger partial charge on any atom is -0.394 e. The molecule has 2 aliphatic rings. The molecule has 10 nitrogen and oxygen atoms in total. The summed E-state index contributed by atoms with van der Waals surface area (Å²) >= 11 is 0. The molecule has 0 aliphatic carbocycles. The third kappa shape index (κ3) is 4.14. The Morgan fingerprint density at radius 3 is 2.90 bits per heavy atom. The second kappa shape index (κ2) is 8.97. The fourth-order valence-corrected chi connectivity index (χ4v) is 3.76. The molecule has 2 aliphatic heterocycles. The van der Waals surface area contributed by atoms with Crippen LogP contribution in [0.3, 0.4) is 0 Å². The molecule has 2 amide bonds. The molecule has 3 heterocycles. The van der Waals surface area contributed by atoms with Crippen LogP contribution in [0.25, 0.3) is 0 Å². The molecule has 3 unspecified atom stereocenters. The molecular weight excluding hydrogens is 393 g/mol. The highest BCUT2D eigenvalue weighted by atomic mass is 19.1. The van der Waals surface area contributed by atoms with Gasteiger partial charge in [0.1, 0.15) is 23.6 Å². The van der Waals surface area contributed by atoms with E-state index in [0.717, 1.165) is 12.3 Å². The van der Waals surface area contributed by atoms with Gasteiger partial charge in [0.15, 0.2) is 0 Å². The second-order valence-corrected chi connectivity index (χ2v) is 7.08. The summed E-state index contributed by atoms with van der Waals surface area (Å²) in [4.78, 5) is 28.9. The number of halogens is 1. The van der Waals surface area contributed by atoms with Crippen molar-refractivity contribution in [2.45, 2.75) is 31.5 Å². The second-order valence-electron chi connectivity index (χ2n) is 7.08. The number of pyridine rings is 1. The topological polar surface area (TPSA) is 163 Å². The number of aliphatic hydroxyl groups excluding tert-OH is 1. The zero-order valence-electron chi connectivity index (χ0n) is 16.1. The Morgan fingerprint density at radius 1 is 1.50 bits per heavy atom. The number of hydrogen-bond acceptors (Lipinski definition) is 8. The molecule has 30 heavy (non-hydrogen) atoms. The van der Waals surface area contributed by atoms with E-state index in [-0.39, 0.29) is 35.2 Å². The van der Waals surface area contributed by atoms with Gasteiger partial charge in [-0.25, -0.2) is 9.82 Å². The van der Waals surface area contributed by atoms with Crippen molar-refractivity contribution in [3.05, 3.63) is 40.5 Å². The van der Waals surface area contributed by atoms with Crippen molar-refractivity contribution in [1.29, 1.82) is 10.5 Å². The van der Waals surface area contributed by atoms with Crippen LogP contribution in [-0.2, 0) is 9.59 Å². The van der Waals surface area contributed by atoms with Crippen molar-refractivity contribution in [3.8, 4) is 12.1 Å². The van der Waals surface area contributed by atoms with E-state index in [0.29, 0.717) is 12.1 Å². The zero-order valence-corrected chi connectivity index (χ0v) is 16.1. The number of aliphatic hydroxyl groups is 1. The number of nitrogens with zero attached hydrogens (tertiary/aromatic N) is 3. The van der Waals surface area contributed by atoms with E-state index >= 15 is 0 Å². The van der Waals surface area contributed by atoms with Crippen LogP contribution in [0.5, 0.6) is 0 Å². The summed E-state index contributed by atoms with van der Waals surface area (Å²) in [5, 5.41) is 33.0. The standard InChI is InChI=1S/C19H20FN7O3/c1-9-11(19(30)26-14-7-24-27-13(5-22)17(9)14)3-16(29)25-15(8-28)18-12(20)2-10(4-21)6-23-18/h2,6,13-15,17,24,27-28H,3,7-8H2,1H3,(H,25,29)(H,26,30)/t13?,14?,15-,17?/m0/s1. The van der Waals surface area contributed by atoms with E-state index in [1.54, 1.807) is 13.0 Å². The highest BCUT2D eigenvalue weighted by molar-refractivity contribution is 6.00. The highest BCUT2D eigenvalue weighted by Gasteiger charge is 2.41. The normalized spacial score (nSPS) is 24.2. The van der Waals surface area contributed by atoms with Crippen molar-refractivity contribution in [2.75, 3.05) is 13.2 Å². The summed E-state index contributed by atoms with van der Waals surface area (Å²) < 4.78 is 14.2. The van der Waals surface area contributed by atoms with Crippen molar-refractivity contribution in [3.63, 3.8) is 0 Å². The summed E-state index contributed by atoms with van der Waals surface area (Å²) in [6.07, 6.45) is 0.835. The Kier molecular flexibility index (Phi) is 6.37. The predicted octanol–water partition coefficient (Wildman–Crippen LogP) is -0.937. The number of fused-ring (bicyclic) bond motifs is 1. The SMILES string of the molecule is CC1=C(CC(=O)N[C@@H](CO)c2ncc(C#N)cc2F)C(=O)NC2CNNC(C#N)C12. The summed E-state index contributed by atoms with van der Waals surface area (Å²) in [6, 6.07) is 2.85. The average Bonchev–Trinajstić information content (AvgIpc) is 2.74. The molecule has 3 rings (SSSR count). The van der Waals surface area contributed by atoms with Crippen molar-refractivity contribution < 1.29 is 19.1 Å². The summed E-state index contributed by atoms with van der Waals surface area (Å²) in [5.41, 5.74) is 6.38. The number of nitrogens with one attached hydrogen (secondary N) is 4. The van der Waals surface area contributed by atoms with Gasteiger partial charge in [-0.05, 0) is 13.0 Å². The number of carbonyl (C=O) groups is 2. The van der Waals surface area contributed by atoms with Crippen LogP contribution in [0, 0.1) is 34.4 Å². The van der Waals surface area contributed by atoms with Crippen LogP contribution in [0.1, 0.15) is 30.6 Å². The molecule has 0 aromatic carbocycles. The molecule has 11 heteroatoms. The minimum absolute atomic E-state index is 0.0103. The molecule has 0 radical (unpaired) electrons. The smallest absolute Gasteiger partial charge is 0.247 e. The van der Waals surface area contributed by atoms with Crippen molar-refractivity contribution in [2.24, 2.45) is 5.92 Å². The van der Waals surface area contributed by atoms with E-state index in [9.17, 15) is 24.3 Å². The first-order chi connectivity index (χ1) is 14.4. The van der Waals surface area contributed by atoms with E-state index in [1.807, 2.05) is 0 Å². The third-order valence-electron chi connectivity index (χ3n) is 5.26. The number of hydrazine groups is 1. The Balaban J connectivity index is 1.78. The van der Waals surface area contributed by atoms with Gasteiger partial charge in [0.25, 0.3) is 0 Å². The van der Waals surface area contributed by atoms with E-state index in [1.165, 1.54) is 0 Å². The molecule has 156 valence electrons. The molecular formula is C19H20FN7O3. The maximum absolute atomic E-state index is 14.2. The number of rotatable bonds is 5. The molecule has 1 aromatic heterocycles. The first-order valence-corrected chi connectivity index (χ1v) is 9.23. The van der Waals surface area contributed by atoms with Gasteiger partial charge in [-0.1, -0.05) is 5.57 Å². The number of carbonyl (C=O) groups excluding carboxylic acids is 2. The van der Waals surface area contributed by atoms with Crippen LogP contribution in [0.2, 0.25) is 0 Å². The van der Waals surface area contributed by atoms with Crippen LogP contribution in [0.4, 0.5) is 4.39 Å². The summed E-state index contributed by atoms with van der Waals surface area (Å²) in [7, 11) is 0. The fourth-order valence-electron chi connectivity index (χ4n) is 3.76. The highest BCUT2D eigenvalue weighted by Crippen LogP contribution is 2.30. The Bertz CT molecular complexity index is 981. The van der Waals surface area contributed by atoms with Gasteiger partial charge in [-0.2, -0.15) is 10.5 Å². The Hall–Kier alpha value is -3.38. The molecule has 1 aromatic rings. The minimum atomic E-state index is -1.14. The summed E-state index contributed by atoms with van der Waals surface area (Å²) in [5.74, 6) is -2.16. The molecule has 0 spiro atoms. The van der Waals surface area contributed by atoms with Gasteiger partial charge in [0, 0.05) is 24.2 Å². The third-order valence-corrected chi connectivity index (χ3v) is 5.26. The average molecular weight is 413 g/mol. The molecule has 0 saturated carbocycles. The van der Waals surface area contributed by atoms with Gasteiger partial charge >= 0.3 is 0 Å². The number of hydrogen-bond donors (Lipinski definition) is 5. The maximum atomic E-state index is 14.2. The van der Waals surface area contributed by atoms with Crippen LogP contribution < -0.4 is 21.5 Å². The number of aromatic nitrogens is 1. The molecule has 0 bridgehead atoms. The number of nitriles is 2. The monoisotopic (exact) mass is 413 g/mol. The lowest BCUT2D eigenvalue weighted by Gasteiger charge is -2.41. The van der Waals surface area contributed by atoms with Gasteiger partial charge in [0.05, 0.1) is 36.7 Å². The quantitative estimate of drug-likeness (QED) is 0.413. The van der Waals surface area contributed by atoms with E-state index in [4.69, 9.17) is 5.26 Å². The lowest BCUT2D eigenvalue weighted by molar-refractivity contribution is -0.125. The van der Waals surface area contributed by atoms with Gasteiger partial charge in [0.2, 0.25) is 11.8 Å². The number of amides is 2. The fraction of sp³-hybridized carbons (Fsp3) is 0.421. The van der Waals surface area contributed by atoms with Crippen LogP contribution in [0.15, 0.2) is 23.4 Å². The van der Waals surface area contributed by atoms with Gasteiger partial charge in [-0.15, -0.1) is 0 Å². The van der Waals surface area contributed by atoms with Crippen molar-refractivity contribution in [1.82, 2.24) is 26.5 Å². The molecule has 5 N–H and O–H groups in total. The lowest BCUT2D eigenvalue weighted by Crippen LogP contribution is -2.64. The first-order valence-electron chi connectivity index (χ1n) is 9.23. The Morgan fingerprint density at radius 2 is 2.27 bits per heavy atom. The van der Waals surface area contributed by atoms with E-state index < -0.39 is 36.3 Å². The lowest BCUT2D eigenvalue weighted by atomic mass is 9.79. The summed E-state index contributed by atoms with van der Waals surface area (Å²) in [6.45, 7) is 1.52. The molecule has 1 saturated heterocycles.